The van der Waals surface area contributed by atoms with Crippen molar-refractivity contribution in [2.45, 2.75) is 5.60 Å². The highest BCUT2D eigenvalue weighted by atomic mass is 35.5. The number of piperazine rings is 1. The first-order valence-electron chi connectivity index (χ1n) is 8.56. The van der Waals surface area contributed by atoms with E-state index in [4.69, 9.17) is 4.74 Å². The van der Waals surface area contributed by atoms with E-state index in [1.54, 1.807) is 11.5 Å². The second-order valence-electron chi connectivity index (χ2n) is 6.72. The summed E-state index contributed by atoms with van der Waals surface area (Å²) in [6.07, 6.45) is 0. The minimum absolute atomic E-state index is 0. The van der Waals surface area contributed by atoms with Crippen molar-refractivity contribution in [3.8, 4) is 0 Å². The highest BCUT2D eigenvalue weighted by molar-refractivity contribution is 7.13. The minimum atomic E-state index is -0.786. The van der Waals surface area contributed by atoms with E-state index in [1.165, 1.54) is 10.1 Å². The first-order valence-corrected chi connectivity index (χ1v) is 9.33. The van der Waals surface area contributed by atoms with Gasteiger partial charge >= 0.3 is 0 Å². The lowest BCUT2D eigenvalue weighted by Gasteiger charge is -2.39. The summed E-state index contributed by atoms with van der Waals surface area (Å²) in [6, 6.07) is 8.41. The third kappa shape index (κ3) is 4.78. The number of nitrogens with one attached hydrogen (secondary N) is 1. The quantitative estimate of drug-likeness (QED) is 0.786. The Bertz CT molecular complexity index is 686. The highest BCUT2D eigenvalue weighted by Crippen LogP contribution is 2.29. The molecule has 146 valence electrons. The van der Waals surface area contributed by atoms with E-state index in [-0.39, 0.29) is 24.8 Å². The Morgan fingerprint density at radius 1 is 1.19 bits per heavy atom. The SMILES string of the molecule is Cl.Cl.OC1(CN2CCN(c3nsc4ccccc34)CC2)CNCCOC1. The largest absolute Gasteiger partial charge is 0.385 e. The minimum Gasteiger partial charge on any atom is -0.385 e. The predicted molar refractivity (Wildman–Crippen MR) is 111 cm³/mol. The molecule has 0 aliphatic carbocycles. The third-order valence-electron chi connectivity index (χ3n) is 4.80. The van der Waals surface area contributed by atoms with Crippen molar-refractivity contribution >= 4 is 52.3 Å². The molecule has 6 nitrogen and oxygen atoms in total. The maximum Gasteiger partial charge on any atom is 0.150 e. The summed E-state index contributed by atoms with van der Waals surface area (Å²) in [6.45, 7) is 6.92. The lowest BCUT2D eigenvalue weighted by atomic mass is 10.0. The maximum atomic E-state index is 10.7. The Labute approximate surface area is 170 Å². The van der Waals surface area contributed by atoms with Crippen LogP contribution in [0.25, 0.3) is 10.1 Å². The van der Waals surface area contributed by atoms with Crippen LogP contribution in [0.1, 0.15) is 0 Å². The molecule has 2 fully saturated rings. The fourth-order valence-electron chi connectivity index (χ4n) is 3.51. The number of fused-ring (bicyclic) bond motifs is 1. The molecular formula is C17H26Cl2N4O2S. The normalized spacial score (nSPS) is 24.6. The summed E-state index contributed by atoms with van der Waals surface area (Å²) >= 11 is 1.57. The van der Waals surface area contributed by atoms with Crippen molar-refractivity contribution in [1.29, 1.82) is 0 Å². The molecule has 2 saturated heterocycles. The van der Waals surface area contributed by atoms with E-state index in [1.807, 2.05) is 0 Å². The molecule has 0 bridgehead atoms. The molecule has 0 spiro atoms. The average Bonchev–Trinajstić information content (AvgIpc) is 2.91. The predicted octanol–water partition coefficient (Wildman–Crippen LogP) is 1.61. The lowest BCUT2D eigenvalue weighted by Crippen LogP contribution is -2.56. The molecule has 3 heterocycles. The number of aliphatic hydroxyl groups is 1. The van der Waals surface area contributed by atoms with Crippen LogP contribution in [0.5, 0.6) is 0 Å². The molecule has 26 heavy (non-hydrogen) atoms. The number of rotatable bonds is 3. The molecule has 2 aliphatic heterocycles. The summed E-state index contributed by atoms with van der Waals surface area (Å²) in [5, 5.41) is 15.2. The molecule has 1 unspecified atom stereocenters. The molecular weight excluding hydrogens is 395 g/mol. The molecule has 0 saturated carbocycles. The molecule has 2 aliphatic rings. The molecule has 0 amide bonds. The van der Waals surface area contributed by atoms with Gasteiger partial charge in [0.15, 0.2) is 0 Å². The molecule has 4 rings (SSSR count). The van der Waals surface area contributed by atoms with Crippen LogP contribution in [0.3, 0.4) is 0 Å². The van der Waals surface area contributed by atoms with Gasteiger partial charge in [-0.1, -0.05) is 12.1 Å². The molecule has 9 heteroatoms. The Morgan fingerprint density at radius 2 is 1.96 bits per heavy atom. The van der Waals surface area contributed by atoms with Crippen LogP contribution in [0, 0.1) is 0 Å². The molecule has 1 atom stereocenters. The number of nitrogens with zero attached hydrogens (tertiary/aromatic N) is 3. The lowest BCUT2D eigenvalue weighted by molar-refractivity contribution is -0.0495. The summed E-state index contributed by atoms with van der Waals surface area (Å²) in [5.74, 6) is 1.11. The van der Waals surface area contributed by atoms with Gasteiger partial charge in [-0.05, 0) is 23.7 Å². The zero-order valence-electron chi connectivity index (χ0n) is 14.6. The maximum absolute atomic E-state index is 10.7. The zero-order valence-corrected chi connectivity index (χ0v) is 17.0. The van der Waals surface area contributed by atoms with E-state index >= 15 is 0 Å². The van der Waals surface area contributed by atoms with Gasteiger partial charge in [0.25, 0.3) is 0 Å². The van der Waals surface area contributed by atoms with E-state index < -0.39 is 5.60 Å². The van der Waals surface area contributed by atoms with Crippen LogP contribution in [-0.2, 0) is 4.74 Å². The fourth-order valence-corrected chi connectivity index (χ4v) is 4.31. The van der Waals surface area contributed by atoms with Crippen LogP contribution >= 0.6 is 36.3 Å². The van der Waals surface area contributed by atoms with Crippen LogP contribution in [-0.4, -0.2) is 79.0 Å². The molecule has 0 radical (unpaired) electrons. The van der Waals surface area contributed by atoms with Crippen LogP contribution in [0.15, 0.2) is 24.3 Å². The van der Waals surface area contributed by atoms with Crippen LogP contribution in [0.2, 0.25) is 0 Å². The van der Waals surface area contributed by atoms with Gasteiger partial charge in [-0.3, -0.25) is 4.90 Å². The first-order chi connectivity index (χ1) is 11.7. The van der Waals surface area contributed by atoms with Crippen molar-refractivity contribution in [2.24, 2.45) is 0 Å². The number of hydrogen-bond donors (Lipinski definition) is 2. The summed E-state index contributed by atoms with van der Waals surface area (Å²) in [7, 11) is 0. The van der Waals surface area contributed by atoms with Gasteiger partial charge in [-0.15, -0.1) is 24.8 Å². The first kappa shape index (κ1) is 21.6. The van der Waals surface area contributed by atoms with Crippen molar-refractivity contribution in [3.63, 3.8) is 0 Å². The van der Waals surface area contributed by atoms with Gasteiger partial charge in [0.2, 0.25) is 0 Å². The number of anilines is 1. The van der Waals surface area contributed by atoms with Gasteiger partial charge < -0.3 is 20.1 Å². The third-order valence-corrected chi connectivity index (χ3v) is 5.61. The summed E-state index contributed by atoms with van der Waals surface area (Å²) in [4.78, 5) is 4.70. The monoisotopic (exact) mass is 420 g/mol. The van der Waals surface area contributed by atoms with Crippen molar-refractivity contribution in [1.82, 2.24) is 14.6 Å². The standard InChI is InChI=1S/C17H24N4O2S.2ClH/c22-17(11-18-5-10-23-13-17)12-20-6-8-21(9-7-20)16-14-3-1-2-4-15(14)24-19-16;;/h1-4,18,22H,5-13H2;2*1H. The Morgan fingerprint density at radius 3 is 2.77 bits per heavy atom. The Balaban J connectivity index is 0.00000121. The van der Waals surface area contributed by atoms with E-state index in [9.17, 15) is 5.11 Å². The fraction of sp³-hybridized carbons (Fsp3) is 0.588. The number of halogens is 2. The van der Waals surface area contributed by atoms with Crippen LogP contribution in [0.4, 0.5) is 5.82 Å². The van der Waals surface area contributed by atoms with E-state index in [0.717, 1.165) is 38.5 Å². The second-order valence-corrected chi connectivity index (χ2v) is 7.52. The second kappa shape index (κ2) is 9.50. The van der Waals surface area contributed by atoms with Gasteiger partial charge in [-0.25, -0.2) is 0 Å². The molecule has 1 aromatic heterocycles. The van der Waals surface area contributed by atoms with Crippen molar-refractivity contribution in [3.05, 3.63) is 24.3 Å². The molecule has 2 aromatic rings. The molecule has 2 N–H and O–H groups in total. The van der Waals surface area contributed by atoms with Gasteiger partial charge in [0.1, 0.15) is 11.4 Å². The molecule has 1 aromatic carbocycles. The number of β-amino-alcohol motifs (C(OH)–C–C–N with tert-alkyl or cyclic N) is 1. The highest BCUT2D eigenvalue weighted by Gasteiger charge is 2.32. The summed E-state index contributed by atoms with van der Waals surface area (Å²) in [5.41, 5.74) is -0.786. The van der Waals surface area contributed by atoms with Crippen molar-refractivity contribution < 1.29 is 9.84 Å². The average molecular weight is 421 g/mol. The topological polar surface area (TPSA) is 60.9 Å². The smallest absolute Gasteiger partial charge is 0.150 e. The number of hydrogen-bond acceptors (Lipinski definition) is 7. The summed E-state index contributed by atoms with van der Waals surface area (Å²) < 4.78 is 11.4. The number of aromatic nitrogens is 1. The van der Waals surface area contributed by atoms with Gasteiger partial charge in [0, 0.05) is 51.2 Å². The van der Waals surface area contributed by atoms with Crippen molar-refractivity contribution in [2.75, 3.05) is 63.9 Å². The van der Waals surface area contributed by atoms with E-state index in [2.05, 4.69) is 43.8 Å². The van der Waals surface area contributed by atoms with Gasteiger partial charge in [-0.2, -0.15) is 4.37 Å². The Kier molecular flexibility index (Phi) is 7.90. The number of benzene rings is 1. The zero-order chi connectivity index (χ0) is 16.4. The number of ether oxygens (including phenoxy) is 1. The van der Waals surface area contributed by atoms with E-state index in [0.29, 0.717) is 26.3 Å². The van der Waals surface area contributed by atoms with Crippen LogP contribution < -0.4 is 10.2 Å². The Hall–Kier alpha value is -0.670. The van der Waals surface area contributed by atoms with Gasteiger partial charge in [0.05, 0.1) is 17.9 Å².